The summed E-state index contributed by atoms with van der Waals surface area (Å²) in [5.74, 6) is -0.387. The van der Waals surface area contributed by atoms with Crippen LogP contribution in [0.2, 0.25) is 0 Å². The zero-order valence-electron chi connectivity index (χ0n) is 12.3. The standard InChI is InChI=1S/C16H13N3O3S2/c20-16(18-12-6-9-17-10-7-12)15-14(8-11-23-15)19-24(21,22)13-4-2-1-3-5-13/h1-11,19H,(H,17,18,20). The van der Waals surface area contributed by atoms with Gasteiger partial charge in [-0.1, -0.05) is 18.2 Å². The number of carbonyl (C=O) groups is 1. The number of sulfonamides is 1. The summed E-state index contributed by atoms with van der Waals surface area (Å²) in [6.45, 7) is 0. The van der Waals surface area contributed by atoms with Crippen LogP contribution >= 0.6 is 11.3 Å². The van der Waals surface area contributed by atoms with Crippen molar-refractivity contribution in [1.29, 1.82) is 0 Å². The number of rotatable bonds is 5. The van der Waals surface area contributed by atoms with Crippen LogP contribution in [-0.4, -0.2) is 19.3 Å². The van der Waals surface area contributed by atoms with Crippen molar-refractivity contribution < 1.29 is 13.2 Å². The third-order valence-corrected chi connectivity index (χ3v) is 5.40. The molecule has 0 saturated heterocycles. The van der Waals surface area contributed by atoms with Gasteiger partial charge in [0.2, 0.25) is 0 Å². The van der Waals surface area contributed by atoms with Gasteiger partial charge in [0.1, 0.15) is 4.88 Å². The topological polar surface area (TPSA) is 88.2 Å². The second kappa shape index (κ2) is 6.81. The van der Waals surface area contributed by atoms with Crippen LogP contribution in [-0.2, 0) is 10.0 Å². The number of hydrogen-bond acceptors (Lipinski definition) is 5. The Morgan fingerprint density at radius 3 is 2.42 bits per heavy atom. The van der Waals surface area contributed by atoms with Crippen LogP contribution < -0.4 is 10.0 Å². The molecule has 1 aromatic carbocycles. The fraction of sp³-hybridized carbons (Fsp3) is 0. The van der Waals surface area contributed by atoms with Gasteiger partial charge in [-0.25, -0.2) is 8.42 Å². The predicted octanol–water partition coefficient (Wildman–Crippen LogP) is 3.20. The predicted molar refractivity (Wildman–Crippen MR) is 93.8 cm³/mol. The van der Waals surface area contributed by atoms with E-state index in [1.54, 1.807) is 54.2 Å². The van der Waals surface area contributed by atoms with E-state index in [0.29, 0.717) is 5.69 Å². The van der Waals surface area contributed by atoms with E-state index < -0.39 is 10.0 Å². The number of nitrogens with zero attached hydrogens (tertiary/aromatic N) is 1. The van der Waals surface area contributed by atoms with E-state index in [9.17, 15) is 13.2 Å². The fourth-order valence-corrected chi connectivity index (χ4v) is 3.89. The number of amides is 1. The van der Waals surface area contributed by atoms with Crippen LogP contribution in [0.15, 0.2) is 71.2 Å². The molecule has 2 heterocycles. The van der Waals surface area contributed by atoms with Crippen LogP contribution in [0.1, 0.15) is 9.67 Å². The minimum atomic E-state index is -3.75. The van der Waals surface area contributed by atoms with E-state index in [-0.39, 0.29) is 21.4 Å². The Bertz CT molecular complexity index is 939. The molecule has 0 aliphatic carbocycles. The van der Waals surface area contributed by atoms with Gasteiger partial charge in [-0.05, 0) is 35.7 Å². The highest BCUT2D eigenvalue weighted by atomic mass is 32.2. The van der Waals surface area contributed by atoms with Crippen LogP contribution in [0.5, 0.6) is 0 Å². The maximum absolute atomic E-state index is 12.4. The molecule has 0 unspecified atom stereocenters. The number of hydrogen-bond donors (Lipinski definition) is 2. The number of thiophene rings is 1. The van der Waals surface area contributed by atoms with Crippen molar-refractivity contribution in [1.82, 2.24) is 4.98 Å². The van der Waals surface area contributed by atoms with Gasteiger partial charge in [0.15, 0.2) is 0 Å². The summed E-state index contributed by atoms with van der Waals surface area (Å²) in [6, 6.07) is 12.9. The highest BCUT2D eigenvalue weighted by Gasteiger charge is 2.19. The lowest BCUT2D eigenvalue weighted by Crippen LogP contribution is -2.17. The molecule has 24 heavy (non-hydrogen) atoms. The molecule has 0 spiro atoms. The molecule has 0 bridgehead atoms. The van der Waals surface area contributed by atoms with E-state index in [1.165, 1.54) is 12.1 Å². The molecular weight excluding hydrogens is 346 g/mol. The molecule has 0 atom stereocenters. The van der Waals surface area contributed by atoms with Gasteiger partial charge in [-0.15, -0.1) is 11.3 Å². The maximum Gasteiger partial charge on any atom is 0.267 e. The summed E-state index contributed by atoms with van der Waals surface area (Å²) in [7, 11) is -3.75. The third-order valence-electron chi connectivity index (χ3n) is 3.11. The zero-order chi connectivity index (χ0) is 17.0. The van der Waals surface area contributed by atoms with Gasteiger partial charge in [-0.2, -0.15) is 0 Å². The van der Waals surface area contributed by atoms with E-state index >= 15 is 0 Å². The minimum Gasteiger partial charge on any atom is -0.321 e. The van der Waals surface area contributed by atoms with Crippen molar-refractivity contribution in [2.75, 3.05) is 10.0 Å². The molecule has 0 aliphatic rings. The number of anilines is 2. The summed E-state index contributed by atoms with van der Waals surface area (Å²) in [5, 5.41) is 4.36. The lowest BCUT2D eigenvalue weighted by Gasteiger charge is -2.09. The Balaban J connectivity index is 1.82. The van der Waals surface area contributed by atoms with E-state index in [1.807, 2.05) is 0 Å². The number of carbonyl (C=O) groups excluding carboxylic acids is 1. The first-order valence-electron chi connectivity index (χ1n) is 6.93. The van der Waals surface area contributed by atoms with Crippen molar-refractivity contribution in [3.05, 3.63) is 71.2 Å². The number of benzene rings is 1. The molecule has 0 fully saturated rings. The molecule has 3 rings (SSSR count). The minimum absolute atomic E-state index is 0.136. The Kier molecular flexibility index (Phi) is 4.59. The Morgan fingerprint density at radius 2 is 1.71 bits per heavy atom. The second-order valence-corrected chi connectivity index (χ2v) is 7.37. The van der Waals surface area contributed by atoms with Gasteiger partial charge in [0, 0.05) is 18.1 Å². The van der Waals surface area contributed by atoms with Crippen LogP contribution in [0, 0.1) is 0 Å². The molecule has 0 saturated carbocycles. The monoisotopic (exact) mass is 359 g/mol. The SMILES string of the molecule is O=C(Nc1ccncc1)c1sccc1NS(=O)(=O)c1ccccc1. The van der Waals surface area contributed by atoms with Crippen molar-refractivity contribution in [3.8, 4) is 0 Å². The molecular formula is C16H13N3O3S2. The normalized spacial score (nSPS) is 11.0. The zero-order valence-corrected chi connectivity index (χ0v) is 14.0. The molecule has 2 N–H and O–H groups in total. The number of aromatic nitrogens is 1. The van der Waals surface area contributed by atoms with Gasteiger partial charge in [0.25, 0.3) is 15.9 Å². The van der Waals surface area contributed by atoms with Crippen molar-refractivity contribution in [3.63, 3.8) is 0 Å². The average Bonchev–Trinajstić information content (AvgIpc) is 3.04. The number of pyridine rings is 1. The second-order valence-electron chi connectivity index (χ2n) is 4.77. The number of nitrogens with one attached hydrogen (secondary N) is 2. The maximum atomic E-state index is 12.4. The first-order valence-corrected chi connectivity index (χ1v) is 9.29. The first-order chi connectivity index (χ1) is 11.6. The van der Waals surface area contributed by atoms with Gasteiger partial charge in [0.05, 0.1) is 10.6 Å². The van der Waals surface area contributed by atoms with Crippen LogP contribution in [0.25, 0.3) is 0 Å². The highest BCUT2D eigenvalue weighted by Crippen LogP contribution is 2.26. The van der Waals surface area contributed by atoms with E-state index in [4.69, 9.17) is 0 Å². The summed E-state index contributed by atoms with van der Waals surface area (Å²) >= 11 is 1.16. The fourth-order valence-electron chi connectivity index (χ4n) is 1.99. The van der Waals surface area contributed by atoms with Crippen molar-refractivity contribution in [2.24, 2.45) is 0 Å². The first kappa shape index (κ1) is 16.2. The average molecular weight is 359 g/mol. The third kappa shape index (κ3) is 3.61. The summed E-state index contributed by atoms with van der Waals surface area (Å²) in [5.41, 5.74) is 0.829. The molecule has 0 aliphatic heterocycles. The summed E-state index contributed by atoms with van der Waals surface area (Å²) < 4.78 is 27.2. The Hall–Kier alpha value is -2.71. The summed E-state index contributed by atoms with van der Waals surface area (Å²) in [4.78, 5) is 16.7. The molecule has 0 radical (unpaired) electrons. The molecule has 2 aromatic heterocycles. The molecule has 1 amide bonds. The molecule has 122 valence electrons. The molecule has 3 aromatic rings. The molecule has 8 heteroatoms. The van der Waals surface area contributed by atoms with E-state index in [2.05, 4.69) is 15.0 Å². The van der Waals surface area contributed by atoms with Gasteiger partial charge in [-0.3, -0.25) is 14.5 Å². The van der Waals surface area contributed by atoms with Crippen LogP contribution in [0.3, 0.4) is 0 Å². The summed E-state index contributed by atoms with van der Waals surface area (Å²) in [6.07, 6.45) is 3.12. The van der Waals surface area contributed by atoms with Crippen LogP contribution in [0.4, 0.5) is 11.4 Å². The lowest BCUT2D eigenvalue weighted by molar-refractivity contribution is 0.103. The quantitative estimate of drug-likeness (QED) is 0.732. The lowest BCUT2D eigenvalue weighted by atomic mass is 10.3. The van der Waals surface area contributed by atoms with Gasteiger partial charge < -0.3 is 5.32 Å². The highest BCUT2D eigenvalue weighted by molar-refractivity contribution is 7.92. The Morgan fingerprint density at radius 1 is 1.00 bits per heavy atom. The van der Waals surface area contributed by atoms with E-state index in [0.717, 1.165) is 11.3 Å². The van der Waals surface area contributed by atoms with Crippen molar-refractivity contribution in [2.45, 2.75) is 4.90 Å². The molecule has 6 nitrogen and oxygen atoms in total. The smallest absolute Gasteiger partial charge is 0.267 e. The van der Waals surface area contributed by atoms with Crippen molar-refractivity contribution >= 4 is 38.6 Å². The van der Waals surface area contributed by atoms with Gasteiger partial charge >= 0.3 is 0 Å². The largest absolute Gasteiger partial charge is 0.321 e. The Labute approximate surface area is 143 Å².